The molecule has 0 saturated heterocycles. The summed E-state index contributed by atoms with van der Waals surface area (Å²) >= 11 is 0.887. The van der Waals surface area contributed by atoms with Crippen LogP contribution in [0.25, 0.3) is 0 Å². The van der Waals surface area contributed by atoms with E-state index in [2.05, 4.69) is 5.32 Å². The smallest absolute Gasteiger partial charge is 0.324 e. The number of carbonyl (C=O) groups is 1. The first kappa shape index (κ1) is 14.0. The van der Waals surface area contributed by atoms with E-state index >= 15 is 0 Å². The Morgan fingerprint density at radius 1 is 1.53 bits per heavy atom. The Kier molecular flexibility index (Phi) is 4.49. The number of hydrogen-bond donors (Lipinski definition) is 2. The Balaban J connectivity index is 1.98. The second-order valence-electron chi connectivity index (χ2n) is 4.68. The van der Waals surface area contributed by atoms with Gasteiger partial charge in [-0.05, 0) is 31.2 Å². The van der Waals surface area contributed by atoms with Gasteiger partial charge >= 0.3 is 5.00 Å². The van der Waals surface area contributed by atoms with Crippen LogP contribution in [0.3, 0.4) is 0 Å². The third kappa shape index (κ3) is 3.30. The molecule has 7 heteroatoms. The molecule has 0 bridgehead atoms. The lowest BCUT2D eigenvalue weighted by atomic mass is 10.00. The van der Waals surface area contributed by atoms with Gasteiger partial charge in [0.2, 0.25) is 0 Å². The van der Waals surface area contributed by atoms with Crippen molar-refractivity contribution in [1.29, 1.82) is 0 Å². The Labute approximate surface area is 114 Å². The first-order valence-corrected chi connectivity index (χ1v) is 7.09. The van der Waals surface area contributed by atoms with E-state index in [-0.39, 0.29) is 23.6 Å². The summed E-state index contributed by atoms with van der Waals surface area (Å²) in [4.78, 5) is 22.4. The molecular weight excluding hydrogens is 268 g/mol. The van der Waals surface area contributed by atoms with Crippen molar-refractivity contribution in [1.82, 2.24) is 5.32 Å². The van der Waals surface area contributed by atoms with E-state index in [4.69, 9.17) is 5.11 Å². The molecule has 104 valence electrons. The number of nitrogens with one attached hydrogen (secondary N) is 1. The van der Waals surface area contributed by atoms with Crippen molar-refractivity contribution in [3.63, 3.8) is 0 Å². The van der Waals surface area contributed by atoms with Gasteiger partial charge in [-0.2, -0.15) is 0 Å². The topological polar surface area (TPSA) is 92.5 Å². The Morgan fingerprint density at radius 2 is 2.32 bits per heavy atom. The van der Waals surface area contributed by atoms with Crippen LogP contribution in [-0.4, -0.2) is 28.6 Å². The number of aliphatic hydroxyl groups excluding tert-OH is 1. The van der Waals surface area contributed by atoms with E-state index in [0.29, 0.717) is 17.2 Å². The molecule has 1 aliphatic rings. The third-order valence-corrected chi connectivity index (χ3v) is 4.51. The molecule has 6 nitrogen and oxygen atoms in total. The molecule has 1 aromatic rings. The summed E-state index contributed by atoms with van der Waals surface area (Å²) in [7, 11) is 0. The van der Waals surface area contributed by atoms with E-state index in [1.807, 2.05) is 0 Å². The summed E-state index contributed by atoms with van der Waals surface area (Å²) in [6.07, 6.45) is 3.65. The lowest BCUT2D eigenvalue weighted by molar-refractivity contribution is -0.380. The monoisotopic (exact) mass is 284 g/mol. The quantitative estimate of drug-likeness (QED) is 0.638. The average Bonchev–Trinajstić information content (AvgIpc) is 2.99. The summed E-state index contributed by atoms with van der Waals surface area (Å²) in [5, 5.41) is 22.4. The lowest BCUT2D eigenvalue weighted by Crippen LogP contribution is -2.37. The maximum atomic E-state index is 12.0. The highest BCUT2D eigenvalue weighted by atomic mass is 32.1. The molecule has 0 radical (unpaired) electrons. The molecule has 0 aliphatic heterocycles. The Hall–Kier alpha value is -1.47. The molecule has 1 aliphatic carbocycles. The van der Waals surface area contributed by atoms with Crippen LogP contribution in [0.5, 0.6) is 0 Å². The highest BCUT2D eigenvalue weighted by molar-refractivity contribution is 7.17. The summed E-state index contributed by atoms with van der Waals surface area (Å²) < 4.78 is 0. The van der Waals surface area contributed by atoms with E-state index in [9.17, 15) is 14.9 Å². The van der Waals surface area contributed by atoms with E-state index < -0.39 is 4.92 Å². The predicted molar refractivity (Wildman–Crippen MR) is 71.3 cm³/mol. The summed E-state index contributed by atoms with van der Waals surface area (Å²) in [5.41, 5.74) is 0. The van der Waals surface area contributed by atoms with Gasteiger partial charge in [-0.3, -0.25) is 14.9 Å². The zero-order valence-electron chi connectivity index (χ0n) is 10.4. The van der Waals surface area contributed by atoms with Crippen LogP contribution in [0.4, 0.5) is 5.00 Å². The molecular formula is C12H16N2O4S. The van der Waals surface area contributed by atoms with Crippen LogP contribution >= 0.6 is 11.3 Å². The second kappa shape index (κ2) is 6.12. The van der Waals surface area contributed by atoms with Crippen molar-refractivity contribution in [2.45, 2.75) is 31.7 Å². The highest BCUT2D eigenvalue weighted by Gasteiger charge is 2.28. The molecule has 1 amide bonds. The lowest BCUT2D eigenvalue weighted by Gasteiger charge is -2.19. The zero-order valence-corrected chi connectivity index (χ0v) is 11.2. The van der Waals surface area contributed by atoms with E-state index in [0.717, 1.165) is 30.6 Å². The maximum absolute atomic E-state index is 12.0. The molecule has 0 aromatic carbocycles. The van der Waals surface area contributed by atoms with Gasteiger partial charge in [0.25, 0.3) is 5.91 Å². The van der Waals surface area contributed by atoms with Gasteiger partial charge in [-0.25, -0.2) is 0 Å². The third-order valence-electron chi connectivity index (χ3n) is 3.47. The molecule has 0 spiro atoms. The minimum Gasteiger partial charge on any atom is -0.396 e. The number of nitrogens with zero attached hydrogens (tertiary/aromatic N) is 1. The molecule has 19 heavy (non-hydrogen) atoms. The Bertz CT molecular complexity index is 474. The van der Waals surface area contributed by atoms with Gasteiger partial charge in [0.15, 0.2) is 0 Å². The van der Waals surface area contributed by atoms with Crippen LogP contribution in [0.15, 0.2) is 12.1 Å². The van der Waals surface area contributed by atoms with Gasteiger partial charge in [0.1, 0.15) is 0 Å². The number of aliphatic hydroxyl groups is 1. The Morgan fingerprint density at radius 3 is 2.95 bits per heavy atom. The number of hydrogen-bond acceptors (Lipinski definition) is 5. The maximum Gasteiger partial charge on any atom is 0.324 e. The molecule has 2 N–H and O–H groups in total. The summed E-state index contributed by atoms with van der Waals surface area (Å²) in [6.45, 7) is 0.126. The van der Waals surface area contributed by atoms with Crippen LogP contribution in [-0.2, 0) is 0 Å². The molecule has 1 saturated carbocycles. The zero-order chi connectivity index (χ0) is 13.8. The summed E-state index contributed by atoms with van der Waals surface area (Å²) in [5.74, 6) is 0.0526. The van der Waals surface area contributed by atoms with E-state index in [1.54, 1.807) is 0 Å². The van der Waals surface area contributed by atoms with Crippen molar-refractivity contribution >= 4 is 22.2 Å². The molecule has 2 atom stereocenters. The van der Waals surface area contributed by atoms with Crippen LogP contribution < -0.4 is 5.32 Å². The first-order chi connectivity index (χ1) is 9.11. The second-order valence-corrected chi connectivity index (χ2v) is 5.74. The van der Waals surface area contributed by atoms with Crippen LogP contribution in [0.1, 0.15) is 35.4 Å². The van der Waals surface area contributed by atoms with Gasteiger partial charge in [0.05, 0.1) is 9.80 Å². The van der Waals surface area contributed by atoms with Crippen molar-refractivity contribution in [2.24, 2.45) is 5.92 Å². The number of nitro groups is 1. The fourth-order valence-corrected chi connectivity index (χ4v) is 3.25. The minimum absolute atomic E-state index is 0.0246. The van der Waals surface area contributed by atoms with Gasteiger partial charge in [0, 0.05) is 18.7 Å². The van der Waals surface area contributed by atoms with Gasteiger partial charge < -0.3 is 10.4 Å². The largest absolute Gasteiger partial charge is 0.396 e. The minimum atomic E-state index is -0.494. The number of amides is 1. The fraction of sp³-hybridized carbons (Fsp3) is 0.583. The molecule has 1 heterocycles. The van der Waals surface area contributed by atoms with Gasteiger partial charge in [-0.1, -0.05) is 17.8 Å². The van der Waals surface area contributed by atoms with Crippen molar-refractivity contribution in [2.75, 3.05) is 6.61 Å². The molecule has 2 rings (SSSR count). The summed E-state index contributed by atoms with van der Waals surface area (Å²) in [6, 6.07) is 2.90. The molecule has 2 unspecified atom stereocenters. The molecule has 1 fully saturated rings. The van der Waals surface area contributed by atoms with Crippen LogP contribution in [0.2, 0.25) is 0 Å². The van der Waals surface area contributed by atoms with Crippen molar-refractivity contribution in [3.05, 3.63) is 27.1 Å². The van der Waals surface area contributed by atoms with Crippen molar-refractivity contribution < 1.29 is 14.8 Å². The van der Waals surface area contributed by atoms with Crippen molar-refractivity contribution in [3.8, 4) is 0 Å². The number of carbonyl (C=O) groups excluding carboxylic acids is 1. The predicted octanol–water partition coefficient (Wildman–Crippen LogP) is 1.94. The normalized spacial score (nSPS) is 22.4. The van der Waals surface area contributed by atoms with Crippen LogP contribution in [0, 0.1) is 16.0 Å². The standard InChI is InChI=1S/C12H16N2O4S/c15-7-6-8-2-1-3-9(8)13-12(16)10-4-5-11(19-10)14(17)18/h4-5,8-9,15H,1-3,6-7H2,(H,13,16). The number of thiophene rings is 1. The number of rotatable bonds is 5. The average molecular weight is 284 g/mol. The molecule has 1 aromatic heterocycles. The highest BCUT2D eigenvalue weighted by Crippen LogP contribution is 2.29. The fourth-order valence-electron chi connectivity index (χ4n) is 2.53. The van der Waals surface area contributed by atoms with Gasteiger partial charge in [-0.15, -0.1) is 0 Å². The SMILES string of the molecule is O=C(NC1CCCC1CCO)c1ccc([N+](=O)[O-])s1. The van der Waals surface area contributed by atoms with E-state index in [1.165, 1.54) is 12.1 Å². The first-order valence-electron chi connectivity index (χ1n) is 6.27.